The summed E-state index contributed by atoms with van der Waals surface area (Å²) in [5, 5.41) is 9.14. The number of rotatable bonds is 4. The highest BCUT2D eigenvalue weighted by Gasteiger charge is 2.21. The lowest BCUT2D eigenvalue weighted by molar-refractivity contribution is 0.129. The maximum absolute atomic E-state index is 9.14. The molecule has 108 valence electrons. The maximum Gasteiger partial charge on any atom is 0.136 e. The Morgan fingerprint density at radius 2 is 2.30 bits per heavy atom. The van der Waals surface area contributed by atoms with E-state index in [0.717, 1.165) is 18.7 Å². The molecule has 1 atom stereocenters. The molecule has 1 saturated heterocycles. The van der Waals surface area contributed by atoms with Crippen molar-refractivity contribution in [3.05, 3.63) is 29.3 Å². The fourth-order valence-corrected chi connectivity index (χ4v) is 2.86. The molecule has 0 saturated carbocycles. The number of likely N-dealkylation sites (tertiary alicyclic amines) is 1. The van der Waals surface area contributed by atoms with Gasteiger partial charge in [0, 0.05) is 19.1 Å². The quantitative estimate of drug-likeness (QED) is 0.842. The first-order chi connectivity index (χ1) is 9.63. The Kier molecular flexibility index (Phi) is 4.99. The van der Waals surface area contributed by atoms with Crippen molar-refractivity contribution in [1.82, 2.24) is 9.80 Å². The van der Waals surface area contributed by atoms with Crippen molar-refractivity contribution in [2.24, 2.45) is 0 Å². The van der Waals surface area contributed by atoms with Crippen molar-refractivity contribution in [1.29, 1.82) is 5.26 Å². The molecule has 0 spiro atoms. The van der Waals surface area contributed by atoms with Gasteiger partial charge in [0.25, 0.3) is 0 Å². The summed E-state index contributed by atoms with van der Waals surface area (Å²) in [6.07, 6.45) is 2.51. The van der Waals surface area contributed by atoms with E-state index in [1.54, 1.807) is 7.11 Å². The van der Waals surface area contributed by atoms with E-state index in [1.165, 1.54) is 19.4 Å². The summed E-state index contributed by atoms with van der Waals surface area (Å²) in [5.41, 5.74) is 1.78. The van der Waals surface area contributed by atoms with Crippen molar-refractivity contribution in [2.45, 2.75) is 25.4 Å². The molecule has 0 aromatic heterocycles. The Bertz CT molecular complexity index is 495. The maximum atomic E-state index is 9.14. The van der Waals surface area contributed by atoms with Gasteiger partial charge in [-0.1, -0.05) is 6.07 Å². The molecule has 1 aliphatic heterocycles. The number of nitrogens with zero attached hydrogens (tertiary/aromatic N) is 3. The number of ether oxygens (including phenoxy) is 1. The topological polar surface area (TPSA) is 39.5 Å². The molecule has 0 aliphatic carbocycles. The number of benzene rings is 1. The Labute approximate surface area is 121 Å². The Hall–Kier alpha value is -1.57. The van der Waals surface area contributed by atoms with Gasteiger partial charge in [0.05, 0.1) is 12.7 Å². The number of methoxy groups -OCH3 is 1. The van der Waals surface area contributed by atoms with Crippen LogP contribution < -0.4 is 4.74 Å². The molecular formula is C16H23N3O. The summed E-state index contributed by atoms with van der Waals surface area (Å²) in [7, 11) is 5.95. The highest BCUT2D eigenvalue weighted by molar-refractivity contribution is 5.45. The van der Waals surface area contributed by atoms with Gasteiger partial charge in [0.1, 0.15) is 11.8 Å². The predicted octanol–water partition coefficient (Wildman–Crippen LogP) is 2.09. The first kappa shape index (κ1) is 14.8. The van der Waals surface area contributed by atoms with Crippen molar-refractivity contribution in [2.75, 3.05) is 34.3 Å². The largest absolute Gasteiger partial charge is 0.495 e. The lowest BCUT2D eigenvalue weighted by Crippen LogP contribution is -2.44. The standard InChI is InChI=1S/C16H23N3O/c1-18-8-4-5-15(12-18)19(2)11-13-6-7-16(20-3)14(9-13)10-17/h6-7,9,15H,4-5,8,11-12H2,1-3H3. The third-order valence-electron chi connectivity index (χ3n) is 4.04. The van der Waals surface area contributed by atoms with E-state index in [9.17, 15) is 0 Å². The molecule has 0 N–H and O–H groups in total. The summed E-state index contributed by atoms with van der Waals surface area (Å²) in [5.74, 6) is 0.649. The van der Waals surface area contributed by atoms with Gasteiger partial charge in [0.2, 0.25) is 0 Å². The molecule has 1 heterocycles. The predicted molar refractivity (Wildman–Crippen MR) is 79.7 cm³/mol. The molecule has 1 aromatic carbocycles. The molecular weight excluding hydrogens is 250 g/mol. The highest BCUT2D eigenvalue weighted by atomic mass is 16.5. The van der Waals surface area contributed by atoms with Crippen molar-refractivity contribution in [3.63, 3.8) is 0 Å². The SMILES string of the molecule is COc1ccc(CN(C)C2CCCN(C)C2)cc1C#N. The van der Waals surface area contributed by atoms with Crippen molar-refractivity contribution < 1.29 is 4.74 Å². The van der Waals surface area contributed by atoms with Gasteiger partial charge >= 0.3 is 0 Å². The summed E-state index contributed by atoms with van der Waals surface area (Å²) in [6, 6.07) is 8.65. The van der Waals surface area contributed by atoms with E-state index in [2.05, 4.69) is 30.0 Å². The minimum absolute atomic E-state index is 0.599. The third-order valence-corrected chi connectivity index (χ3v) is 4.04. The van der Waals surface area contributed by atoms with Crippen molar-refractivity contribution >= 4 is 0 Å². The molecule has 1 aliphatic rings. The lowest BCUT2D eigenvalue weighted by Gasteiger charge is -2.36. The normalized spacial score (nSPS) is 19.9. The summed E-state index contributed by atoms with van der Waals surface area (Å²) >= 11 is 0. The van der Waals surface area contributed by atoms with Crippen LogP contribution in [0.4, 0.5) is 0 Å². The van der Waals surface area contributed by atoms with Crippen molar-refractivity contribution in [3.8, 4) is 11.8 Å². The van der Waals surface area contributed by atoms with Crippen LogP contribution in [0.1, 0.15) is 24.0 Å². The number of hydrogen-bond acceptors (Lipinski definition) is 4. The molecule has 20 heavy (non-hydrogen) atoms. The van der Waals surface area contributed by atoms with Gasteiger partial charge in [-0.2, -0.15) is 5.26 Å². The second-order valence-electron chi connectivity index (χ2n) is 5.62. The summed E-state index contributed by atoms with van der Waals surface area (Å²) < 4.78 is 5.18. The smallest absolute Gasteiger partial charge is 0.136 e. The summed E-state index contributed by atoms with van der Waals surface area (Å²) in [6.45, 7) is 3.19. The van der Waals surface area contributed by atoms with Crippen LogP contribution in [0.15, 0.2) is 18.2 Å². The molecule has 4 nitrogen and oxygen atoms in total. The van der Waals surface area contributed by atoms with Gasteiger partial charge in [-0.25, -0.2) is 0 Å². The van der Waals surface area contributed by atoms with E-state index < -0.39 is 0 Å². The van der Waals surface area contributed by atoms with E-state index >= 15 is 0 Å². The molecule has 0 amide bonds. The molecule has 1 fully saturated rings. The molecule has 1 aromatic rings. The zero-order valence-electron chi connectivity index (χ0n) is 12.6. The highest BCUT2D eigenvalue weighted by Crippen LogP contribution is 2.21. The Balaban J connectivity index is 2.04. The minimum Gasteiger partial charge on any atom is -0.495 e. The number of nitriles is 1. The Morgan fingerprint density at radius 1 is 1.50 bits per heavy atom. The number of hydrogen-bond donors (Lipinski definition) is 0. The average Bonchev–Trinajstić information content (AvgIpc) is 2.47. The van der Waals surface area contributed by atoms with Gasteiger partial charge in [-0.05, 0) is 51.2 Å². The first-order valence-corrected chi connectivity index (χ1v) is 7.10. The van der Waals surface area contributed by atoms with Crippen LogP contribution in [0.2, 0.25) is 0 Å². The van der Waals surface area contributed by atoms with Crippen LogP contribution in [0.5, 0.6) is 5.75 Å². The second kappa shape index (κ2) is 6.74. The molecule has 0 radical (unpaired) electrons. The molecule has 4 heteroatoms. The molecule has 2 rings (SSSR count). The zero-order valence-corrected chi connectivity index (χ0v) is 12.6. The van der Waals surface area contributed by atoms with E-state index in [-0.39, 0.29) is 0 Å². The van der Waals surface area contributed by atoms with Gasteiger partial charge < -0.3 is 9.64 Å². The zero-order chi connectivity index (χ0) is 14.5. The monoisotopic (exact) mass is 273 g/mol. The van der Waals surface area contributed by atoms with Gasteiger partial charge in [-0.3, -0.25) is 4.90 Å². The minimum atomic E-state index is 0.599. The number of likely N-dealkylation sites (N-methyl/N-ethyl adjacent to an activating group) is 2. The number of piperidine rings is 1. The van der Waals surface area contributed by atoms with Gasteiger partial charge in [0.15, 0.2) is 0 Å². The van der Waals surface area contributed by atoms with Crippen LogP contribution >= 0.6 is 0 Å². The van der Waals surface area contributed by atoms with Crippen LogP contribution in [-0.4, -0.2) is 50.1 Å². The van der Waals surface area contributed by atoms with Gasteiger partial charge in [-0.15, -0.1) is 0 Å². The van der Waals surface area contributed by atoms with Crippen LogP contribution in [0.25, 0.3) is 0 Å². The lowest BCUT2D eigenvalue weighted by atomic mass is 10.0. The fraction of sp³-hybridized carbons (Fsp3) is 0.562. The van der Waals surface area contributed by atoms with Crippen LogP contribution in [0, 0.1) is 11.3 Å². The van der Waals surface area contributed by atoms with E-state index in [1.807, 2.05) is 18.2 Å². The molecule has 1 unspecified atom stereocenters. The second-order valence-corrected chi connectivity index (χ2v) is 5.62. The van der Waals surface area contributed by atoms with Crippen LogP contribution in [-0.2, 0) is 6.54 Å². The molecule has 0 bridgehead atoms. The van der Waals surface area contributed by atoms with E-state index in [4.69, 9.17) is 10.00 Å². The Morgan fingerprint density at radius 3 is 2.95 bits per heavy atom. The first-order valence-electron chi connectivity index (χ1n) is 7.10. The van der Waals surface area contributed by atoms with Crippen LogP contribution in [0.3, 0.4) is 0 Å². The van der Waals surface area contributed by atoms with E-state index in [0.29, 0.717) is 17.4 Å². The summed E-state index contributed by atoms with van der Waals surface area (Å²) in [4.78, 5) is 4.78. The fourth-order valence-electron chi connectivity index (χ4n) is 2.86. The average molecular weight is 273 g/mol. The third kappa shape index (κ3) is 3.50.